The van der Waals surface area contributed by atoms with E-state index in [4.69, 9.17) is 4.74 Å². The fourth-order valence-electron chi connectivity index (χ4n) is 2.92. The predicted octanol–water partition coefficient (Wildman–Crippen LogP) is 2.96. The van der Waals surface area contributed by atoms with Crippen LogP contribution in [0.2, 0.25) is 0 Å². The molecule has 1 N–H and O–H groups in total. The van der Waals surface area contributed by atoms with Crippen LogP contribution in [0.3, 0.4) is 0 Å². The van der Waals surface area contributed by atoms with Crippen molar-refractivity contribution in [3.8, 4) is 5.75 Å². The fourth-order valence-corrected chi connectivity index (χ4v) is 3.30. The van der Waals surface area contributed by atoms with E-state index in [1.54, 1.807) is 6.07 Å². The molecule has 1 fully saturated rings. The van der Waals surface area contributed by atoms with E-state index in [1.807, 2.05) is 12.1 Å². The van der Waals surface area contributed by atoms with Gasteiger partial charge in [-0.05, 0) is 31.0 Å². The second kappa shape index (κ2) is 3.82. The number of aliphatic hydroxyl groups is 1. The normalized spacial score (nSPS) is 25.8. The number of aliphatic hydroxyl groups excluding tert-OH is 1. The summed E-state index contributed by atoms with van der Waals surface area (Å²) >= 11 is 3.38. The van der Waals surface area contributed by atoms with E-state index < -0.39 is 11.5 Å². The quantitative estimate of drug-likeness (QED) is 0.591. The highest BCUT2D eigenvalue weighted by atomic mass is 79.9. The predicted molar refractivity (Wildman–Crippen MR) is 65.6 cm³/mol. The molecule has 0 radical (unpaired) electrons. The van der Waals surface area contributed by atoms with Crippen LogP contribution in [0.15, 0.2) is 22.7 Å². The molecule has 1 unspecified atom stereocenters. The first-order valence-electron chi connectivity index (χ1n) is 5.83. The summed E-state index contributed by atoms with van der Waals surface area (Å²) in [5.74, 6) is 0.223. The zero-order valence-corrected chi connectivity index (χ0v) is 10.9. The highest BCUT2D eigenvalue weighted by Gasteiger charge is 2.52. The highest BCUT2D eigenvalue weighted by Crippen LogP contribution is 2.53. The Kier molecular flexibility index (Phi) is 2.52. The summed E-state index contributed by atoms with van der Waals surface area (Å²) in [6, 6.07) is 5.38. The number of fused-ring (bicyclic) bond motifs is 1. The van der Waals surface area contributed by atoms with Crippen molar-refractivity contribution in [2.45, 2.75) is 31.8 Å². The molecule has 0 amide bonds. The van der Waals surface area contributed by atoms with Crippen molar-refractivity contribution in [1.29, 1.82) is 0 Å². The van der Waals surface area contributed by atoms with Crippen LogP contribution in [0.4, 0.5) is 0 Å². The smallest absolute Gasteiger partial charge is 0.320 e. The number of esters is 1. The van der Waals surface area contributed by atoms with Crippen LogP contribution in [0, 0.1) is 5.41 Å². The maximum absolute atomic E-state index is 12.1. The van der Waals surface area contributed by atoms with Gasteiger partial charge in [-0.2, -0.15) is 0 Å². The first-order valence-corrected chi connectivity index (χ1v) is 6.63. The van der Waals surface area contributed by atoms with Crippen molar-refractivity contribution in [3.63, 3.8) is 0 Å². The molecule has 1 heterocycles. The summed E-state index contributed by atoms with van der Waals surface area (Å²) < 4.78 is 6.27. The van der Waals surface area contributed by atoms with Gasteiger partial charge in [-0.25, -0.2) is 0 Å². The lowest BCUT2D eigenvalue weighted by molar-refractivity contribution is -0.157. The summed E-state index contributed by atoms with van der Waals surface area (Å²) in [4.78, 5) is 12.1. The first-order chi connectivity index (χ1) is 8.13. The largest absolute Gasteiger partial charge is 0.426 e. The Morgan fingerprint density at radius 2 is 2.06 bits per heavy atom. The molecule has 0 saturated heterocycles. The van der Waals surface area contributed by atoms with E-state index >= 15 is 0 Å². The molecule has 1 aliphatic heterocycles. The van der Waals surface area contributed by atoms with Crippen LogP contribution in [0.1, 0.15) is 37.4 Å². The SMILES string of the molecule is O=C1Oc2ccc(Br)cc2C(O)C12CCCC2. The number of hydrogen-bond donors (Lipinski definition) is 1. The van der Waals surface area contributed by atoms with Crippen molar-refractivity contribution >= 4 is 21.9 Å². The van der Waals surface area contributed by atoms with Crippen molar-refractivity contribution in [2.75, 3.05) is 0 Å². The van der Waals surface area contributed by atoms with Gasteiger partial charge in [-0.15, -0.1) is 0 Å². The summed E-state index contributed by atoms with van der Waals surface area (Å²) in [5, 5.41) is 10.5. The van der Waals surface area contributed by atoms with E-state index in [-0.39, 0.29) is 5.97 Å². The minimum absolute atomic E-state index is 0.266. The van der Waals surface area contributed by atoms with Gasteiger partial charge >= 0.3 is 5.97 Å². The monoisotopic (exact) mass is 296 g/mol. The Morgan fingerprint density at radius 3 is 2.76 bits per heavy atom. The zero-order chi connectivity index (χ0) is 12.0. The Balaban J connectivity index is 2.11. The van der Waals surface area contributed by atoms with Crippen molar-refractivity contribution < 1.29 is 14.6 Å². The van der Waals surface area contributed by atoms with Gasteiger partial charge < -0.3 is 9.84 Å². The second-order valence-corrected chi connectivity index (χ2v) is 5.75. The summed E-state index contributed by atoms with van der Waals surface area (Å²) in [6.07, 6.45) is 2.67. The lowest BCUT2D eigenvalue weighted by atomic mass is 9.75. The molecule has 1 atom stereocenters. The number of rotatable bonds is 0. The maximum atomic E-state index is 12.1. The van der Waals surface area contributed by atoms with Gasteiger partial charge in [0.05, 0.1) is 11.5 Å². The van der Waals surface area contributed by atoms with E-state index in [0.717, 1.165) is 35.7 Å². The van der Waals surface area contributed by atoms with Gasteiger partial charge in [0.25, 0.3) is 0 Å². The molecule has 3 rings (SSSR count). The van der Waals surface area contributed by atoms with Gasteiger partial charge in [0.2, 0.25) is 0 Å². The molecule has 1 aromatic carbocycles. The summed E-state index contributed by atoms with van der Waals surface area (Å²) in [7, 11) is 0. The van der Waals surface area contributed by atoms with Crippen LogP contribution in [-0.4, -0.2) is 11.1 Å². The van der Waals surface area contributed by atoms with Gasteiger partial charge in [0, 0.05) is 10.0 Å². The van der Waals surface area contributed by atoms with E-state index in [0.29, 0.717) is 5.75 Å². The topological polar surface area (TPSA) is 46.5 Å². The average molecular weight is 297 g/mol. The molecule has 17 heavy (non-hydrogen) atoms. The van der Waals surface area contributed by atoms with E-state index in [1.165, 1.54) is 0 Å². The summed E-state index contributed by atoms with van der Waals surface area (Å²) in [5.41, 5.74) is 0.0224. The number of hydrogen-bond acceptors (Lipinski definition) is 3. The molecule has 0 aromatic heterocycles. The third-order valence-corrected chi connectivity index (χ3v) is 4.39. The Hall–Kier alpha value is -0.870. The fraction of sp³-hybridized carbons (Fsp3) is 0.462. The Morgan fingerprint density at radius 1 is 1.35 bits per heavy atom. The standard InChI is InChI=1S/C13H13BrO3/c14-8-3-4-10-9(7-8)11(15)13(12(16)17-10)5-1-2-6-13/h3-4,7,11,15H,1-2,5-6H2. The highest BCUT2D eigenvalue weighted by molar-refractivity contribution is 9.10. The van der Waals surface area contributed by atoms with E-state index in [2.05, 4.69) is 15.9 Å². The molecule has 90 valence electrons. The van der Waals surface area contributed by atoms with Crippen molar-refractivity contribution in [3.05, 3.63) is 28.2 Å². The van der Waals surface area contributed by atoms with Crippen LogP contribution in [0.25, 0.3) is 0 Å². The molecule has 1 aromatic rings. The summed E-state index contributed by atoms with van der Waals surface area (Å²) in [6.45, 7) is 0. The van der Waals surface area contributed by atoms with Gasteiger partial charge in [0.15, 0.2) is 0 Å². The molecule has 3 nitrogen and oxygen atoms in total. The lowest BCUT2D eigenvalue weighted by Crippen LogP contribution is -2.41. The van der Waals surface area contributed by atoms with Crippen molar-refractivity contribution in [2.24, 2.45) is 5.41 Å². The van der Waals surface area contributed by atoms with Crippen LogP contribution in [-0.2, 0) is 4.79 Å². The third kappa shape index (κ3) is 1.54. The Bertz CT molecular complexity index is 478. The zero-order valence-electron chi connectivity index (χ0n) is 9.28. The third-order valence-electron chi connectivity index (χ3n) is 3.89. The number of ether oxygens (including phenoxy) is 1. The lowest BCUT2D eigenvalue weighted by Gasteiger charge is -2.36. The maximum Gasteiger partial charge on any atom is 0.320 e. The molecule has 1 spiro atoms. The second-order valence-electron chi connectivity index (χ2n) is 4.84. The first kappa shape index (κ1) is 11.2. The van der Waals surface area contributed by atoms with Gasteiger partial charge in [-0.1, -0.05) is 28.8 Å². The molecule has 1 saturated carbocycles. The number of carbonyl (C=O) groups excluding carboxylic acids is 1. The van der Waals surface area contributed by atoms with Gasteiger partial charge in [0.1, 0.15) is 5.75 Å². The van der Waals surface area contributed by atoms with Crippen LogP contribution >= 0.6 is 15.9 Å². The van der Waals surface area contributed by atoms with Crippen LogP contribution in [0.5, 0.6) is 5.75 Å². The average Bonchev–Trinajstić information content (AvgIpc) is 2.79. The molecule has 1 aliphatic carbocycles. The molecular formula is C13H13BrO3. The molecular weight excluding hydrogens is 284 g/mol. The number of benzene rings is 1. The molecule has 0 bridgehead atoms. The molecule has 4 heteroatoms. The Labute approximate surface area is 108 Å². The number of carbonyl (C=O) groups is 1. The van der Waals surface area contributed by atoms with Crippen LogP contribution < -0.4 is 4.74 Å². The van der Waals surface area contributed by atoms with Gasteiger partial charge in [-0.3, -0.25) is 4.79 Å². The number of halogens is 1. The van der Waals surface area contributed by atoms with E-state index in [9.17, 15) is 9.90 Å². The minimum Gasteiger partial charge on any atom is -0.426 e. The molecule has 2 aliphatic rings. The minimum atomic E-state index is -0.737. The van der Waals surface area contributed by atoms with Crippen molar-refractivity contribution in [1.82, 2.24) is 0 Å².